The van der Waals surface area contributed by atoms with E-state index in [-0.39, 0.29) is 11.5 Å². The lowest BCUT2D eigenvalue weighted by atomic mass is 9.99. The molecular formula is C12H13F2NO2. The smallest absolute Gasteiger partial charge is 0.217 e. The third-order valence-corrected chi connectivity index (χ3v) is 2.99. The van der Waals surface area contributed by atoms with Gasteiger partial charge in [-0.05, 0) is 18.9 Å². The van der Waals surface area contributed by atoms with E-state index in [0.717, 1.165) is 12.1 Å². The van der Waals surface area contributed by atoms with Gasteiger partial charge in [-0.15, -0.1) is 0 Å². The molecule has 0 radical (unpaired) electrons. The largest absolute Gasteiger partial charge is 0.386 e. The van der Waals surface area contributed by atoms with Crippen LogP contribution in [0.3, 0.4) is 0 Å². The van der Waals surface area contributed by atoms with E-state index in [2.05, 4.69) is 5.32 Å². The number of benzene rings is 1. The van der Waals surface area contributed by atoms with Crippen LogP contribution in [0, 0.1) is 11.6 Å². The van der Waals surface area contributed by atoms with Crippen molar-refractivity contribution in [2.75, 3.05) is 0 Å². The molecule has 2 N–H and O–H groups in total. The Morgan fingerprint density at radius 3 is 2.59 bits per heavy atom. The zero-order valence-electron chi connectivity index (χ0n) is 9.34. The van der Waals surface area contributed by atoms with E-state index in [1.54, 1.807) is 0 Å². The molecule has 1 aliphatic carbocycles. The third kappa shape index (κ3) is 2.29. The predicted molar refractivity (Wildman–Crippen MR) is 57.1 cm³/mol. The summed E-state index contributed by atoms with van der Waals surface area (Å²) in [4.78, 5) is 11.0. The second-order valence-electron chi connectivity index (χ2n) is 4.41. The van der Waals surface area contributed by atoms with E-state index in [1.807, 2.05) is 0 Å². The Labute approximate surface area is 97.5 Å². The second-order valence-corrected chi connectivity index (χ2v) is 4.41. The predicted octanol–water partition coefficient (Wildman–Crippen LogP) is 1.67. The van der Waals surface area contributed by atoms with Gasteiger partial charge in [-0.1, -0.05) is 6.07 Å². The number of amides is 1. The molecule has 1 aromatic rings. The molecule has 1 aliphatic rings. The van der Waals surface area contributed by atoms with Gasteiger partial charge in [0.2, 0.25) is 5.91 Å². The van der Waals surface area contributed by atoms with Gasteiger partial charge in [0.25, 0.3) is 0 Å². The van der Waals surface area contributed by atoms with E-state index >= 15 is 0 Å². The highest BCUT2D eigenvalue weighted by atomic mass is 19.1. The Balaban J connectivity index is 2.25. The number of aliphatic hydroxyl groups excluding tert-OH is 1. The lowest BCUT2D eigenvalue weighted by Crippen LogP contribution is -2.40. The standard InChI is InChI=1S/C12H13F2NO2/c1-7(16)15-12(4-5-12)11(17)9-3-2-8(13)6-10(9)14/h2-3,6,11,17H,4-5H2,1H3,(H,15,16). The van der Waals surface area contributed by atoms with Crippen molar-refractivity contribution < 1.29 is 18.7 Å². The molecule has 0 bridgehead atoms. The van der Waals surface area contributed by atoms with Crippen LogP contribution in [0.4, 0.5) is 8.78 Å². The van der Waals surface area contributed by atoms with Crippen molar-refractivity contribution in [3.8, 4) is 0 Å². The van der Waals surface area contributed by atoms with Crippen LogP contribution in [0.15, 0.2) is 18.2 Å². The van der Waals surface area contributed by atoms with Crippen molar-refractivity contribution in [3.05, 3.63) is 35.4 Å². The van der Waals surface area contributed by atoms with E-state index in [9.17, 15) is 18.7 Å². The molecule has 2 rings (SSSR count). The van der Waals surface area contributed by atoms with Gasteiger partial charge in [0.05, 0.1) is 5.54 Å². The summed E-state index contributed by atoms with van der Waals surface area (Å²) in [7, 11) is 0. The molecule has 1 aromatic carbocycles. The fourth-order valence-electron chi connectivity index (χ4n) is 1.97. The number of nitrogens with one attached hydrogen (secondary N) is 1. The maximum atomic E-state index is 13.5. The Bertz CT molecular complexity index is 458. The normalized spacial score (nSPS) is 18.6. The molecule has 3 nitrogen and oxygen atoms in total. The average molecular weight is 241 g/mol. The van der Waals surface area contributed by atoms with E-state index < -0.39 is 23.3 Å². The minimum Gasteiger partial charge on any atom is -0.386 e. The number of halogens is 2. The lowest BCUT2D eigenvalue weighted by Gasteiger charge is -2.23. The molecule has 1 saturated carbocycles. The summed E-state index contributed by atoms with van der Waals surface area (Å²) in [5.74, 6) is -1.76. The maximum absolute atomic E-state index is 13.5. The highest BCUT2D eigenvalue weighted by molar-refractivity contribution is 5.74. The molecule has 1 unspecified atom stereocenters. The quantitative estimate of drug-likeness (QED) is 0.845. The molecule has 1 atom stereocenters. The van der Waals surface area contributed by atoms with Gasteiger partial charge in [0.1, 0.15) is 17.7 Å². The lowest BCUT2D eigenvalue weighted by molar-refractivity contribution is -0.121. The second kappa shape index (κ2) is 4.07. The van der Waals surface area contributed by atoms with Crippen LogP contribution in [-0.4, -0.2) is 16.6 Å². The van der Waals surface area contributed by atoms with Crippen molar-refractivity contribution in [1.82, 2.24) is 5.32 Å². The van der Waals surface area contributed by atoms with Crippen molar-refractivity contribution in [2.45, 2.75) is 31.4 Å². The maximum Gasteiger partial charge on any atom is 0.217 e. The molecule has 5 heteroatoms. The molecular weight excluding hydrogens is 228 g/mol. The molecule has 1 fully saturated rings. The van der Waals surface area contributed by atoms with Crippen molar-refractivity contribution in [3.63, 3.8) is 0 Å². The van der Waals surface area contributed by atoms with Crippen LogP contribution in [0.5, 0.6) is 0 Å². The Hall–Kier alpha value is -1.49. The molecule has 1 amide bonds. The van der Waals surface area contributed by atoms with Gasteiger partial charge >= 0.3 is 0 Å². The van der Waals surface area contributed by atoms with Gasteiger partial charge in [0, 0.05) is 18.6 Å². The third-order valence-electron chi connectivity index (χ3n) is 2.99. The minimum absolute atomic E-state index is 0.0117. The van der Waals surface area contributed by atoms with Gasteiger partial charge in [-0.3, -0.25) is 4.79 Å². The fraction of sp³-hybridized carbons (Fsp3) is 0.417. The highest BCUT2D eigenvalue weighted by Gasteiger charge is 2.51. The summed E-state index contributed by atoms with van der Waals surface area (Å²) in [5, 5.41) is 12.7. The Kier molecular flexibility index (Phi) is 2.87. The average Bonchev–Trinajstić information content (AvgIpc) is 2.97. The van der Waals surface area contributed by atoms with Crippen molar-refractivity contribution >= 4 is 5.91 Å². The topological polar surface area (TPSA) is 49.3 Å². The van der Waals surface area contributed by atoms with Crippen LogP contribution in [-0.2, 0) is 4.79 Å². The van der Waals surface area contributed by atoms with Crippen LogP contribution in [0.1, 0.15) is 31.4 Å². The van der Waals surface area contributed by atoms with Crippen molar-refractivity contribution in [1.29, 1.82) is 0 Å². The van der Waals surface area contributed by atoms with Crippen LogP contribution in [0.2, 0.25) is 0 Å². The summed E-state index contributed by atoms with van der Waals surface area (Å²) in [6.07, 6.45) is 0.0294. The van der Waals surface area contributed by atoms with Crippen molar-refractivity contribution in [2.24, 2.45) is 0 Å². The van der Waals surface area contributed by atoms with E-state index in [4.69, 9.17) is 0 Å². The zero-order valence-corrected chi connectivity index (χ0v) is 9.34. The van der Waals surface area contributed by atoms with Gasteiger partial charge < -0.3 is 10.4 Å². The zero-order chi connectivity index (χ0) is 12.6. The first-order chi connectivity index (χ1) is 7.94. The fourth-order valence-corrected chi connectivity index (χ4v) is 1.97. The number of hydrogen-bond acceptors (Lipinski definition) is 2. The summed E-state index contributed by atoms with van der Waals surface area (Å²) in [6, 6.07) is 3.02. The van der Waals surface area contributed by atoms with Crippen LogP contribution >= 0.6 is 0 Å². The number of rotatable bonds is 3. The van der Waals surface area contributed by atoms with Gasteiger partial charge in [-0.25, -0.2) is 8.78 Å². The van der Waals surface area contributed by atoms with E-state index in [1.165, 1.54) is 13.0 Å². The Morgan fingerprint density at radius 2 is 2.12 bits per heavy atom. The first-order valence-electron chi connectivity index (χ1n) is 5.36. The van der Waals surface area contributed by atoms with E-state index in [0.29, 0.717) is 12.8 Å². The summed E-state index contributed by atoms with van der Waals surface area (Å²) in [5.41, 5.74) is -0.775. The Morgan fingerprint density at radius 1 is 1.47 bits per heavy atom. The first-order valence-corrected chi connectivity index (χ1v) is 5.36. The summed E-state index contributed by atoms with van der Waals surface area (Å²) < 4.78 is 26.2. The molecule has 92 valence electrons. The molecule has 0 heterocycles. The summed E-state index contributed by atoms with van der Waals surface area (Å²) >= 11 is 0. The number of hydrogen-bond donors (Lipinski definition) is 2. The van der Waals surface area contributed by atoms with Gasteiger partial charge in [-0.2, -0.15) is 0 Å². The highest BCUT2D eigenvalue weighted by Crippen LogP contribution is 2.46. The molecule has 0 aliphatic heterocycles. The molecule has 0 aromatic heterocycles. The number of carbonyl (C=O) groups excluding carboxylic acids is 1. The van der Waals surface area contributed by atoms with Gasteiger partial charge in [0.15, 0.2) is 0 Å². The SMILES string of the molecule is CC(=O)NC1(C(O)c2ccc(F)cc2F)CC1. The molecule has 0 spiro atoms. The first kappa shape index (κ1) is 12.0. The van der Waals surface area contributed by atoms with Crippen LogP contribution < -0.4 is 5.32 Å². The molecule has 17 heavy (non-hydrogen) atoms. The number of carbonyl (C=O) groups is 1. The number of aliphatic hydroxyl groups is 1. The molecule has 0 saturated heterocycles. The summed E-state index contributed by atoms with van der Waals surface area (Å²) in [6.45, 7) is 1.34. The monoisotopic (exact) mass is 241 g/mol. The minimum atomic E-state index is -1.15. The van der Waals surface area contributed by atoms with Crippen LogP contribution in [0.25, 0.3) is 0 Å².